The number of nitrogens with one attached hydrogen (secondary N) is 1. The summed E-state index contributed by atoms with van der Waals surface area (Å²) in [6.45, 7) is 5.31. The lowest BCUT2D eigenvalue weighted by Gasteiger charge is -2.11. The molecular formula is C22H27ClN4O2. The van der Waals surface area contributed by atoms with E-state index in [2.05, 4.69) is 28.7 Å². The van der Waals surface area contributed by atoms with Gasteiger partial charge >= 0.3 is 0 Å². The van der Waals surface area contributed by atoms with Crippen LogP contribution in [0.5, 0.6) is 5.75 Å². The van der Waals surface area contributed by atoms with Gasteiger partial charge in [-0.05, 0) is 49.1 Å². The van der Waals surface area contributed by atoms with Gasteiger partial charge in [0.1, 0.15) is 17.1 Å². The number of ether oxygens (including phenoxy) is 1. The average Bonchev–Trinajstić information content (AvgIpc) is 3.04. The molecule has 29 heavy (non-hydrogen) atoms. The number of nitrogens with zero attached hydrogens (tertiary/aromatic N) is 3. The fourth-order valence-electron chi connectivity index (χ4n) is 3.19. The number of anilines is 1. The third kappa shape index (κ3) is 5.48. The Labute approximate surface area is 176 Å². The van der Waals surface area contributed by atoms with Gasteiger partial charge < -0.3 is 14.6 Å². The van der Waals surface area contributed by atoms with Crippen molar-refractivity contribution in [2.75, 3.05) is 12.4 Å². The number of carbonyl (C=O) groups is 1. The van der Waals surface area contributed by atoms with Crippen molar-refractivity contribution in [1.82, 2.24) is 14.5 Å². The summed E-state index contributed by atoms with van der Waals surface area (Å²) in [6.07, 6.45) is 4.71. The van der Waals surface area contributed by atoms with Crippen LogP contribution in [0.3, 0.4) is 0 Å². The van der Waals surface area contributed by atoms with Gasteiger partial charge in [0, 0.05) is 31.3 Å². The minimum atomic E-state index is -0.0470. The maximum Gasteiger partial charge on any atom is 0.224 e. The summed E-state index contributed by atoms with van der Waals surface area (Å²) in [5.41, 5.74) is 2.48. The Morgan fingerprint density at radius 1 is 1.31 bits per heavy atom. The van der Waals surface area contributed by atoms with E-state index in [4.69, 9.17) is 21.3 Å². The number of methoxy groups -OCH3 is 1. The van der Waals surface area contributed by atoms with Crippen LogP contribution < -0.4 is 10.1 Å². The molecule has 6 nitrogen and oxygen atoms in total. The highest BCUT2D eigenvalue weighted by Gasteiger charge is 2.13. The molecule has 0 spiro atoms. The molecule has 2 heterocycles. The molecule has 1 N–H and O–H groups in total. The first-order valence-corrected chi connectivity index (χ1v) is 10.3. The van der Waals surface area contributed by atoms with E-state index in [9.17, 15) is 4.79 Å². The van der Waals surface area contributed by atoms with Gasteiger partial charge in [-0.1, -0.05) is 25.4 Å². The highest BCUT2D eigenvalue weighted by atomic mass is 35.5. The third-order valence-electron chi connectivity index (χ3n) is 4.75. The molecule has 0 aliphatic rings. The number of hydrogen-bond donors (Lipinski definition) is 1. The number of hydrogen-bond acceptors (Lipinski definition) is 4. The molecule has 0 fully saturated rings. The smallest absolute Gasteiger partial charge is 0.224 e. The number of imidazole rings is 1. The van der Waals surface area contributed by atoms with Crippen LogP contribution >= 0.6 is 11.6 Å². The van der Waals surface area contributed by atoms with Gasteiger partial charge in [0.25, 0.3) is 0 Å². The molecule has 0 saturated heterocycles. The maximum atomic E-state index is 12.3. The molecule has 154 valence electrons. The van der Waals surface area contributed by atoms with E-state index in [1.165, 1.54) is 0 Å². The molecule has 2 aromatic heterocycles. The van der Waals surface area contributed by atoms with E-state index in [-0.39, 0.29) is 5.91 Å². The van der Waals surface area contributed by atoms with E-state index >= 15 is 0 Å². The summed E-state index contributed by atoms with van der Waals surface area (Å²) in [5, 5.41) is 3.35. The van der Waals surface area contributed by atoms with E-state index in [0.717, 1.165) is 36.4 Å². The molecule has 0 atom stereocenters. The molecule has 1 aromatic carbocycles. The van der Waals surface area contributed by atoms with Crippen LogP contribution in [0.4, 0.5) is 5.69 Å². The number of rotatable bonds is 9. The van der Waals surface area contributed by atoms with Crippen molar-refractivity contribution in [2.45, 2.75) is 46.1 Å². The standard InChI is InChI=1S/C22H27ClN4O2/c1-15(2)11-13-27-20(26-18-6-5-12-24-22(18)27)7-4-8-21(28)25-16-9-10-19(29-3)17(23)14-16/h5-6,9-10,12,14-15H,4,7-8,11,13H2,1-3H3,(H,25,28). The van der Waals surface area contributed by atoms with E-state index in [0.29, 0.717) is 35.2 Å². The summed E-state index contributed by atoms with van der Waals surface area (Å²) in [5.74, 6) is 2.12. The summed E-state index contributed by atoms with van der Waals surface area (Å²) in [7, 11) is 1.56. The van der Waals surface area contributed by atoms with Crippen molar-refractivity contribution in [3.63, 3.8) is 0 Å². The van der Waals surface area contributed by atoms with Crippen LogP contribution in [-0.4, -0.2) is 27.6 Å². The van der Waals surface area contributed by atoms with Crippen LogP contribution in [-0.2, 0) is 17.8 Å². The largest absolute Gasteiger partial charge is 0.495 e. The minimum Gasteiger partial charge on any atom is -0.495 e. The van der Waals surface area contributed by atoms with Gasteiger partial charge in [-0.2, -0.15) is 0 Å². The van der Waals surface area contributed by atoms with Gasteiger partial charge in [-0.15, -0.1) is 0 Å². The summed E-state index contributed by atoms with van der Waals surface area (Å²) >= 11 is 6.11. The summed E-state index contributed by atoms with van der Waals surface area (Å²) < 4.78 is 7.32. The summed E-state index contributed by atoms with van der Waals surface area (Å²) in [6, 6.07) is 9.09. The molecule has 7 heteroatoms. The molecule has 0 unspecified atom stereocenters. The van der Waals surface area contributed by atoms with Crippen molar-refractivity contribution in [3.05, 3.63) is 47.4 Å². The van der Waals surface area contributed by atoms with Crippen molar-refractivity contribution >= 4 is 34.4 Å². The zero-order valence-electron chi connectivity index (χ0n) is 17.1. The Morgan fingerprint density at radius 2 is 2.14 bits per heavy atom. The number of halogens is 1. The second kappa shape index (κ2) is 9.74. The molecule has 3 aromatic rings. The van der Waals surface area contributed by atoms with Gasteiger partial charge in [0.05, 0.1) is 12.1 Å². The van der Waals surface area contributed by atoms with Crippen LogP contribution in [0, 0.1) is 5.92 Å². The predicted octanol–water partition coefficient (Wildman–Crippen LogP) is 5.10. The quantitative estimate of drug-likeness (QED) is 0.528. The second-order valence-corrected chi connectivity index (χ2v) is 7.87. The lowest BCUT2D eigenvalue weighted by molar-refractivity contribution is -0.116. The Morgan fingerprint density at radius 3 is 2.86 bits per heavy atom. The Kier molecular flexibility index (Phi) is 7.09. The zero-order chi connectivity index (χ0) is 20.8. The lowest BCUT2D eigenvalue weighted by Crippen LogP contribution is -2.12. The number of aryl methyl sites for hydroxylation is 2. The maximum absolute atomic E-state index is 12.3. The Hall–Kier alpha value is -2.60. The molecule has 0 saturated carbocycles. The monoisotopic (exact) mass is 414 g/mol. The van der Waals surface area contributed by atoms with Gasteiger partial charge in [-0.3, -0.25) is 4.79 Å². The molecule has 1 amide bonds. The normalized spacial score (nSPS) is 11.2. The van der Waals surface area contributed by atoms with E-state index in [1.807, 2.05) is 12.1 Å². The van der Waals surface area contributed by atoms with E-state index < -0.39 is 0 Å². The number of aromatic nitrogens is 3. The molecule has 0 aliphatic carbocycles. The average molecular weight is 415 g/mol. The van der Waals surface area contributed by atoms with Gasteiger partial charge in [-0.25, -0.2) is 9.97 Å². The van der Waals surface area contributed by atoms with Crippen LogP contribution in [0.1, 0.15) is 38.9 Å². The molecule has 0 bridgehead atoms. The first-order chi connectivity index (χ1) is 14.0. The Bertz CT molecular complexity index is 984. The van der Waals surface area contributed by atoms with E-state index in [1.54, 1.807) is 31.5 Å². The number of pyridine rings is 1. The predicted molar refractivity (Wildman–Crippen MR) is 117 cm³/mol. The SMILES string of the molecule is COc1ccc(NC(=O)CCCc2nc3cccnc3n2CCC(C)C)cc1Cl. The Balaban J connectivity index is 1.61. The van der Waals surface area contributed by atoms with Crippen molar-refractivity contribution in [1.29, 1.82) is 0 Å². The number of fused-ring (bicyclic) bond motifs is 1. The third-order valence-corrected chi connectivity index (χ3v) is 5.05. The van der Waals surface area contributed by atoms with Gasteiger partial charge in [0.2, 0.25) is 5.91 Å². The first-order valence-electron chi connectivity index (χ1n) is 9.91. The molecule has 0 aliphatic heterocycles. The molecular weight excluding hydrogens is 388 g/mol. The fraction of sp³-hybridized carbons (Fsp3) is 0.409. The van der Waals surface area contributed by atoms with Crippen molar-refractivity contribution in [3.8, 4) is 5.75 Å². The number of benzene rings is 1. The van der Waals surface area contributed by atoms with Crippen molar-refractivity contribution < 1.29 is 9.53 Å². The van der Waals surface area contributed by atoms with Crippen molar-refractivity contribution in [2.24, 2.45) is 5.92 Å². The van der Waals surface area contributed by atoms with Crippen LogP contribution in [0.25, 0.3) is 11.2 Å². The molecule has 0 radical (unpaired) electrons. The highest BCUT2D eigenvalue weighted by Crippen LogP contribution is 2.27. The number of amides is 1. The second-order valence-electron chi connectivity index (χ2n) is 7.46. The fourth-order valence-corrected chi connectivity index (χ4v) is 3.45. The van der Waals surface area contributed by atoms with Gasteiger partial charge in [0.15, 0.2) is 5.65 Å². The van der Waals surface area contributed by atoms with Crippen LogP contribution in [0.2, 0.25) is 5.02 Å². The summed E-state index contributed by atoms with van der Waals surface area (Å²) in [4.78, 5) is 21.6. The minimum absolute atomic E-state index is 0.0470. The topological polar surface area (TPSA) is 69.0 Å². The number of carbonyl (C=O) groups excluding carboxylic acids is 1. The molecule has 3 rings (SSSR count). The highest BCUT2D eigenvalue weighted by molar-refractivity contribution is 6.32. The first kappa shape index (κ1) is 21.1. The lowest BCUT2D eigenvalue weighted by atomic mass is 10.1. The van der Waals surface area contributed by atoms with Crippen LogP contribution in [0.15, 0.2) is 36.5 Å². The zero-order valence-corrected chi connectivity index (χ0v) is 17.9.